The van der Waals surface area contributed by atoms with E-state index in [9.17, 15) is 0 Å². The largest absolute Gasteiger partial charge is 0.495 e. The SMILES string of the molecule is CCOc1cc(C#N)ccc1OCc1nc(N)nc(Nc2ccccc2OC)n1. The minimum absolute atomic E-state index is 0.0410. The number of benzene rings is 2. The van der Waals surface area contributed by atoms with E-state index >= 15 is 0 Å². The number of para-hydroxylation sites is 2. The molecule has 9 nitrogen and oxygen atoms in total. The molecule has 0 amide bonds. The van der Waals surface area contributed by atoms with Gasteiger partial charge in [-0.1, -0.05) is 12.1 Å². The van der Waals surface area contributed by atoms with E-state index in [2.05, 4.69) is 26.3 Å². The molecule has 1 aromatic heterocycles. The number of anilines is 3. The number of nitrogens with zero attached hydrogens (tertiary/aromatic N) is 4. The first-order chi connectivity index (χ1) is 14.1. The maximum Gasteiger partial charge on any atom is 0.232 e. The minimum Gasteiger partial charge on any atom is -0.495 e. The maximum absolute atomic E-state index is 9.05. The van der Waals surface area contributed by atoms with Gasteiger partial charge in [-0.2, -0.15) is 20.2 Å². The molecule has 3 N–H and O–H groups in total. The summed E-state index contributed by atoms with van der Waals surface area (Å²) in [7, 11) is 1.58. The van der Waals surface area contributed by atoms with Crippen molar-refractivity contribution < 1.29 is 14.2 Å². The van der Waals surface area contributed by atoms with Crippen LogP contribution in [0, 0.1) is 11.3 Å². The Morgan fingerprint density at radius 1 is 1.03 bits per heavy atom. The van der Waals surface area contributed by atoms with Gasteiger partial charge in [0, 0.05) is 6.07 Å². The van der Waals surface area contributed by atoms with Crippen LogP contribution in [-0.4, -0.2) is 28.7 Å². The summed E-state index contributed by atoms with van der Waals surface area (Å²) in [5.74, 6) is 2.25. The quantitative estimate of drug-likeness (QED) is 0.594. The van der Waals surface area contributed by atoms with Gasteiger partial charge in [-0.05, 0) is 31.2 Å². The Morgan fingerprint density at radius 3 is 2.62 bits per heavy atom. The van der Waals surface area contributed by atoms with Crippen molar-refractivity contribution in [2.45, 2.75) is 13.5 Å². The van der Waals surface area contributed by atoms with Crippen molar-refractivity contribution in [1.29, 1.82) is 5.26 Å². The molecule has 0 bridgehead atoms. The van der Waals surface area contributed by atoms with Crippen LogP contribution in [0.15, 0.2) is 42.5 Å². The van der Waals surface area contributed by atoms with Crippen molar-refractivity contribution in [2.75, 3.05) is 24.8 Å². The number of hydrogen-bond donors (Lipinski definition) is 2. The summed E-state index contributed by atoms with van der Waals surface area (Å²) < 4.78 is 16.6. The van der Waals surface area contributed by atoms with Crippen LogP contribution < -0.4 is 25.3 Å². The number of rotatable bonds is 8. The molecule has 0 spiro atoms. The molecule has 3 rings (SSSR count). The smallest absolute Gasteiger partial charge is 0.232 e. The Bertz CT molecular complexity index is 1030. The lowest BCUT2D eigenvalue weighted by Gasteiger charge is -2.13. The number of methoxy groups -OCH3 is 1. The van der Waals surface area contributed by atoms with Crippen molar-refractivity contribution in [3.8, 4) is 23.3 Å². The fourth-order valence-corrected chi connectivity index (χ4v) is 2.53. The van der Waals surface area contributed by atoms with Gasteiger partial charge < -0.3 is 25.3 Å². The Labute approximate surface area is 168 Å². The lowest BCUT2D eigenvalue weighted by molar-refractivity contribution is 0.263. The predicted molar refractivity (Wildman–Crippen MR) is 107 cm³/mol. The van der Waals surface area contributed by atoms with Gasteiger partial charge >= 0.3 is 0 Å². The second kappa shape index (κ2) is 9.23. The molecule has 0 aliphatic carbocycles. The van der Waals surface area contributed by atoms with E-state index in [-0.39, 0.29) is 18.5 Å². The summed E-state index contributed by atoms with van der Waals surface area (Å²) in [5, 5.41) is 12.1. The molecule has 9 heteroatoms. The molecule has 0 fully saturated rings. The van der Waals surface area contributed by atoms with E-state index in [0.717, 1.165) is 0 Å². The highest BCUT2D eigenvalue weighted by molar-refractivity contribution is 5.62. The first-order valence-electron chi connectivity index (χ1n) is 8.83. The van der Waals surface area contributed by atoms with Gasteiger partial charge in [-0.3, -0.25) is 0 Å². The van der Waals surface area contributed by atoms with Crippen molar-refractivity contribution in [3.63, 3.8) is 0 Å². The van der Waals surface area contributed by atoms with E-state index in [4.69, 9.17) is 25.2 Å². The Morgan fingerprint density at radius 2 is 1.86 bits per heavy atom. The number of aromatic nitrogens is 3. The van der Waals surface area contributed by atoms with Crippen molar-refractivity contribution in [2.24, 2.45) is 0 Å². The fraction of sp³-hybridized carbons (Fsp3) is 0.200. The highest BCUT2D eigenvalue weighted by Gasteiger charge is 2.11. The zero-order valence-electron chi connectivity index (χ0n) is 16.0. The number of nitrogens with two attached hydrogens (primary N) is 1. The van der Waals surface area contributed by atoms with Crippen molar-refractivity contribution in [3.05, 3.63) is 53.9 Å². The lowest BCUT2D eigenvalue weighted by atomic mass is 10.2. The third-order valence-corrected chi connectivity index (χ3v) is 3.78. The molecule has 29 heavy (non-hydrogen) atoms. The Kier molecular flexibility index (Phi) is 6.27. The normalized spacial score (nSPS) is 10.1. The molecule has 0 saturated carbocycles. The zero-order valence-corrected chi connectivity index (χ0v) is 16.0. The van der Waals surface area contributed by atoms with Crippen LogP contribution in [0.1, 0.15) is 18.3 Å². The molecule has 148 valence electrons. The first kappa shape index (κ1) is 19.7. The second-order valence-electron chi connectivity index (χ2n) is 5.75. The fourth-order valence-electron chi connectivity index (χ4n) is 2.53. The average Bonchev–Trinajstić information content (AvgIpc) is 2.73. The van der Waals surface area contributed by atoms with Gasteiger partial charge in [0.2, 0.25) is 11.9 Å². The van der Waals surface area contributed by atoms with Crippen LogP contribution in [0.2, 0.25) is 0 Å². The molecule has 1 heterocycles. The monoisotopic (exact) mass is 392 g/mol. The maximum atomic E-state index is 9.05. The number of ether oxygens (including phenoxy) is 3. The summed E-state index contributed by atoms with van der Waals surface area (Å²) in [6, 6.07) is 14.4. The molecule has 0 unspecified atom stereocenters. The molecule has 0 radical (unpaired) electrons. The standard InChI is InChI=1S/C20H20N6O3/c1-3-28-17-10-13(11-21)8-9-16(17)29-12-18-24-19(22)26-20(25-18)23-14-6-4-5-7-15(14)27-2/h4-10H,3,12H2,1-2H3,(H3,22,23,24,25,26). The van der Waals surface area contributed by atoms with Gasteiger partial charge in [0.1, 0.15) is 12.4 Å². The van der Waals surface area contributed by atoms with E-state index in [1.165, 1.54) is 0 Å². The molecular weight excluding hydrogens is 372 g/mol. The van der Waals surface area contributed by atoms with Gasteiger partial charge in [0.15, 0.2) is 17.3 Å². The second-order valence-corrected chi connectivity index (χ2v) is 5.75. The molecule has 3 aromatic rings. The number of nitrogens with one attached hydrogen (secondary N) is 1. The lowest BCUT2D eigenvalue weighted by Crippen LogP contribution is -2.10. The van der Waals surface area contributed by atoms with Crippen LogP contribution >= 0.6 is 0 Å². The van der Waals surface area contributed by atoms with Crippen molar-refractivity contribution >= 4 is 17.6 Å². The number of hydrogen-bond acceptors (Lipinski definition) is 9. The summed E-state index contributed by atoms with van der Waals surface area (Å²) in [6.07, 6.45) is 0. The summed E-state index contributed by atoms with van der Waals surface area (Å²) in [5.41, 5.74) is 6.99. The van der Waals surface area contributed by atoms with Crippen LogP contribution in [-0.2, 0) is 6.61 Å². The van der Waals surface area contributed by atoms with Gasteiger partial charge in [0.25, 0.3) is 0 Å². The third kappa shape index (κ3) is 5.01. The third-order valence-electron chi connectivity index (χ3n) is 3.78. The van der Waals surface area contributed by atoms with Crippen LogP contribution in [0.4, 0.5) is 17.6 Å². The van der Waals surface area contributed by atoms with E-state index in [1.54, 1.807) is 25.3 Å². The van der Waals surface area contributed by atoms with Gasteiger partial charge in [-0.25, -0.2) is 0 Å². The minimum atomic E-state index is 0.0410. The Hall–Kier alpha value is -4.06. The molecule has 0 aliphatic rings. The first-order valence-corrected chi connectivity index (χ1v) is 8.83. The summed E-state index contributed by atoms with van der Waals surface area (Å²) in [4.78, 5) is 12.6. The Balaban J connectivity index is 1.78. The predicted octanol–water partition coefficient (Wildman–Crippen LogP) is 3.06. The van der Waals surface area contributed by atoms with Crippen LogP contribution in [0.5, 0.6) is 17.2 Å². The zero-order chi connectivity index (χ0) is 20.6. The highest BCUT2D eigenvalue weighted by Crippen LogP contribution is 2.29. The van der Waals surface area contributed by atoms with Gasteiger partial charge in [0.05, 0.1) is 31.0 Å². The van der Waals surface area contributed by atoms with Crippen LogP contribution in [0.25, 0.3) is 0 Å². The molecule has 0 saturated heterocycles. The number of nitrogen functional groups attached to an aromatic ring is 1. The van der Waals surface area contributed by atoms with Crippen molar-refractivity contribution in [1.82, 2.24) is 15.0 Å². The summed E-state index contributed by atoms with van der Waals surface area (Å²) >= 11 is 0. The number of nitriles is 1. The van der Waals surface area contributed by atoms with Crippen LogP contribution in [0.3, 0.4) is 0 Å². The van der Waals surface area contributed by atoms with Gasteiger partial charge in [-0.15, -0.1) is 0 Å². The molecular formula is C20H20N6O3. The average molecular weight is 392 g/mol. The molecule has 0 atom stereocenters. The topological polar surface area (TPSA) is 128 Å². The summed E-state index contributed by atoms with van der Waals surface area (Å²) in [6.45, 7) is 2.33. The van der Waals surface area contributed by atoms with E-state index in [1.807, 2.05) is 31.2 Å². The molecule has 0 aliphatic heterocycles. The molecule has 2 aromatic carbocycles. The van der Waals surface area contributed by atoms with E-state index in [0.29, 0.717) is 40.9 Å². The van der Waals surface area contributed by atoms with E-state index < -0.39 is 0 Å². The highest BCUT2D eigenvalue weighted by atomic mass is 16.5.